The fourth-order valence-corrected chi connectivity index (χ4v) is 1.27. The summed E-state index contributed by atoms with van der Waals surface area (Å²) < 4.78 is 25.2. The van der Waals surface area contributed by atoms with Crippen molar-refractivity contribution in [3.63, 3.8) is 0 Å². The van der Waals surface area contributed by atoms with Gasteiger partial charge < -0.3 is 4.90 Å². The second-order valence-corrected chi connectivity index (χ2v) is 3.43. The van der Waals surface area contributed by atoms with Crippen molar-refractivity contribution >= 4 is 5.91 Å². The van der Waals surface area contributed by atoms with E-state index >= 15 is 0 Å². The number of carbonyl (C=O) groups excluding carboxylic acids is 1. The van der Waals surface area contributed by atoms with Gasteiger partial charge in [-0.15, -0.1) is 0 Å². The summed E-state index contributed by atoms with van der Waals surface area (Å²) in [6.45, 7) is 3.28. The number of halogens is 2. The van der Waals surface area contributed by atoms with Gasteiger partial charge >= 0.3 is 0 Å². The molecule has 1 amide bonds. The van der Waals surface area contributed by atoms with Gasteiger partial charge in [0.2, 0.25) is 5.91 Å². The molecule has 0 aromatic rings. The van der Waals surface area contributed by atoms with E-state index in [-0.39, 0.29) is 24.9 Å². The van der Waals surface area contributed by atoms with Crippen LogP contribution in [-0.4, -0.2) is 36.2 Å². The van der Waals surface area contributed by atoms with Gasteiger partial charge in [-0.25, -0.2) is 8.78 Å². The van der Waals surface area contributed by atoms with Crippen LogP contribution in [0.1, 0.15) is 13.8 Å². The molecule has 2 atom stereocenters. The van der Waals surface area contributed by atoms with E-state index in [1.165, 1.54) is 4.90 Å². The Balaban J connectivity index is 2.52. The lowest BCUT2D eigenvalue weighted by Crippen LogP contribution is -2.32. The van der Waals surface area contributed by atoms with Crippen LogP contribution < -0.4 is 0 Å². The van der Waals surface area contributed by atoms with Crippen LogP contribution in [0.15, 0.2) is 0 Å². The fraction of sp³-hybridized carbons (Fsp3) is 0.875. The molecule has 1 saturated heterocycles. The molecule has 0 aromatic carbocycles. The molecule has 0 unspecified atom stereocenters. The molecule has 0 aliphatic carbocycles. The first-order valence-corrected chi connectivity index (χ1v) is 4.09. The van der Waals surface area contributed by atoms with Crippen LogP contribution in [0.2, 0.25) is 0 Å². The summed E-state index contributed by atoms with van der Waals surface area (Å²) >= 11 is 0. The Bertz CT molecular complexity index is 174. The topological polar surface area (TPSA) is 20.3 Å². The van der Waals surface area contributed by atoms with Crippen molar-refractivity contribution in [2.45, 2.75) is 26.2 Å². The van der Waals surface area contributed by atoms with E-state index in [1.807, 2.05) is 0 Å². The number of rotatable bonds is 1. The Morgan fingerprint density at radius 3 is 2.08 bits per heavy atom. The minimum Gasteiger partial charge on any atom is -0.336 e. The van der Waals surface area contributed by atoms with Gasteiger partial charge in [0.15, 0.2) is 12.3 Å². The average Bonchev–Trinajstić information content (AvgIpc) is 2.30. The highest BCUT2D eigenvalue weighted by molar-refractivity contribution is 5.78. The molecular weight excluding hydrogens is 164 g/mol. The molecule has 1 aliphatic rings. The van der Waals surface area contributed by atoms with Gasteiger partial charge in [0.05, 0.1) is 13.1 Å². The lowest BCUT2D eigenvalue weighted by atomic mass is 10.2. The third-order valence-electron chi connectivity index (χ3n) is 1.99. The highest BCUT2D eigenvalue weighted by atomic mass is 19.2. The number of alkyl halides is 2. The first-order valence-electron chi connectivity index (χ1n) is 4.09. The zero-order chi connectivity index (χ0) is 9.30. The van der Waals surface area contributed by atoms with Crippen LogP contribution in [0.4, 0.5) is 8.78 Å². The maximum absolute atomic E-state index is 12.6. The zero-order valence-corrected chi connectivity index (χ0v) is 7.26. The SMILES string of the molecule is CC(C)C(=O)N1C[C@@H](F)[C@@H](F)C1. The first kappa shape index (κ1) is 9.42. The number of amides is 1. The van der Waals surface area contributed by atoms with Crippen molar-refractivity contribution in [2.75, 3.05) is 13.1 Å². The normalized spacial score (nSPS) is 29.9. The van der Waals surface area contributed by atoms with E-state index < -0.39 is 12.3 Å². The van der Waals surface area contributed by atoms with E-state index in [1.54, 1.807) is 13.8 Å². The monoisotopic (exact) mass is 177 g/mol. The lowest BCUT2D eigenvalue weighted by Gasteiger charge is -2.16. The minimum atomic E-state index is -1.49. The molecule has 2 nitrogen and oxygen atoms in total. The number of hydrogen-bond donors (Lipinski definition) is 0. The largest absolute Gasteiger partial charge is 0.336 e. The number of carbonyl (C=O) groups is 1. The highest BCUT2D eigenvalue weighted by Gasteiger charge is 2.35. The van der Waals surface area contributed by atoms with Gasteiger partial charge in [-0.2, -0.15) is 0 Å². The molecule has 0 spiro atoms. The molecule has 70 valence electrons. The molecule has 12 heavy (non-hydrogen) atoms. The third kappa shape index (κ3) is 1.73. The van der Waals surface area contributed by atoms with Gasteiger partial charge in [-0.3, -0.25) is 4.79 Å². The maximum Gasteiger partial charge on any atom is 0.225 e. The van der Waals surface area contributed by atoms with E-state index in [4.69, 9.17) is 0 Å². The van der Waals surface area contributed by atoms with Crippen molar-refractivity contribution in [1.82, 2.24) is 4.90 Å². The van der Waals surface area contributed by atoms with Crippen molar-refractivity contribution in [1.29, 1.82) is 0 Å². The summed E-state index contributed by atoms with van der Waals surface area (Å²) in [4.78, 5) is 12.5. The van der Waals surface area contributed by atoms with Crippen LogP contribution in [0.5, 0.6) is 0 Å². The second-order valence-electron chi connectivity index (χ2n) is 3.43. The summed E-state index contributed by atoms with van der Waals surface area (Å²) in [5, 5.41) is 0. The zero-order valence-electron chi connectivity index (χ0n) is 7.26. The molecule has 1 aliphatic heterocycles. The molecule has 4 heteroatoms. The predicted octanol–water partition coefficient (Wildman–Crippen LogP) is 1.16. The van der Waals surface area contributed by atoms with E-state index in [0.717, 1.165) is 0 Å². The summed E-state index contributed by atoms with van der Waals surface area (Å²) in [6, 6.07) is 0. The molecule has 1 rings (SSSR count). The average molecular weight is 177 g/mol. The second kappa shape index (κ2) is 3.37. The van der Waals surface area contributed by atoms with Crippen molar-refractivity contribution in [2.24, 2.45) is 5.92 Å². The van der Waals surface area contributed by atoms with Gasteiger partial charge in [-0.1, -0.05) is 13.8 Å². The quantitative estimate of drug-likeness (QED) is 0.588. The van der Waals surface area contributed by atoms with Crippen LogP contribution in [0.3, 0.4) is 0 Å². The molecule has 0 saturated carbocycles. The molecule has 0 aromatic heterocycles. The van der Waals surface area contributed by atoms with Crippen molar-refractivity contribution in [3.8, 4) is 0 Å². The number of likely N-dealkylation sites (tertiary alicyclic amines) is 1. The summed E-state index contributed by atoms with van der Waals surface area (Å²) in [7, 11) is 0. The van der Waals surface area contributed by atoms with Crippen LogP contribution in [-0.2, 0) is 4.79 Å². The lowest BCUT2D eigenvalue weighted by molar-refractivity contribution is -0.133. The minimum absolute atomic E-state index is 0.0851. The number of nitrogens with zero attached hydrogens (tertiary/aromatic N) is 1. The Labute approximate surface area is 70.5 Å². The number of hydrogen-bond acceptors (Lipinski definition) is 1. The Kier molecular flexibility index (Phi) is 2.65. The Hall–Kier alpha value is -0.670. The van der Waals surface area contributed by atoms with Crippen molar-refractivity contribution in [3.05, 3.63) is 0 Å². The molecule has 1 fully saturated rings. The summed E-state index contributed by atoms with van der Waals surface area (Å²) in [6.07, 6.45) is -2.99. The van der Waals surface area contributed by atoms with Crippen LogP contribution in [0.25, 0.3) is 0 Å². The van der Waals surface area contributed by atoms with Gasteiger partial charge in [0, 0.05) is 5.92 Å². The van der Waals surface area contributed by atoms with Crippen molar-refractivity contribution < 1.29 is 13.6 Å². The summed E-state index contributed by atoms with van der Waals surface area (Å²) in [5.41, 5.74) is 0. The highest BCUT2D eigenvalue weighted by Crippen LogP contribution is 2.18. The molecular formula is C8H13F2NO. The Morgan fingerprint density at radius 2 is 1.75 bits per heavy atom. The maximum atomic E-state index is 12.6. The summed E-state index contributed by atoms with van der Waals surface area (Å²) in [5.74, 6) is -0.347. The van der Waals surface area contributed by atoms with E-state index in [9.17, 15) is 13.6 Å². The predicted molar refractivity (Wildman–Crippen MR) is 41.2 cm³/mol. The van der Waals surface area contributed by atoms with Gasteiger partial charge in [0.1, 0.15) is 0 Å². The fourth-order valence-electron chi connectivity index (χ4n) is 1.27. The Morgan fingerprint density at radius 1 is 1.33 bits per heavy atom. The molecule has 0 radical (unpaired) electrons. The first-order chi connectivity index (χ1) is 5.52. The smallest absolute Gasteiger partial charge is 0.225 e. The molecule has 0 bridgehead atoms. The van der Waals surface area contributed by atoms with E-state index in [2.05, 4.69) is 0 Å². The standard InChI is InChI=1S/C8H13F2NO/c1-5(2)8(12)11-3-6(9)7(10)4-11/h5-7H,3-4H2,1-2H3/t6-,7+. The molecule has 0 N–H and O–H groups in total. The van der Waals surface area contributed by atoms with Gasteiger partial charge in [0.25, 0.3) is 0 Å². The van der Waals surface area contributed by atoms with Crippen LogP contribution in [0, 0.1) is 5.92 Å². The van der Waals surface area contributed by atoms with E-state index in [0.29, 0.717) is 0 Å². The molecule has 1 heterocycles. The van der Waals surface area contributed by atoms with Gasteiger partial charge in [-0.05, 0) is 0 Å². The van der Waals surface area contributed by atoms with Crippen LogP contribution >= 0.6 is 0 Å². The third-order valence-corrected chi connectivity index (χ3v) is 1.99.